The van der Waals surface area contributed by atoms with Gasteiger partial charge >= 0.3 is 6.03 Å². The van der Waals surface area contributed by atoms with Gasteiger partial charge in [-0.2, -0.15) is 0 Å². The summed E-state index contributed by atoms with van der Waals surface area (Å²) in [5, 5.41) is 14.4. The predicted octanol–water partition coefficient (Wildman–Crippen LogP) is 3.22. The van der Waals surface area contributed by atoms with Crippen LogP contribution in [-0.2, 0) is 13.0 Å². The number of amides is 3. The standard InChI is InChI=1S/C23H34N6O2/c1-15(2)10-12-24-21(30)20-16(3)29(27-26-20)19-9-7-8-17-14-28(13-11-18(17)19)22(31)25-23(4,5)6/h7-9,15H,10-14H2,1-6H3,(H,24,30)(H,25,31). The predicted molar refractivity (Wildman–Crippen MR) is 120 cm³/mol. The molecule has 0 aliphatic carbocycles. The molecule has 0 fully saturated rings. The summed E-state index contributed by atoms with van der Waals surface area (Å²) in [5.74, 6) is 0.331. The molecule has 1 aromatic heterocycles. The third-order valence-electron chi connectivity index (χ3n) is 5.36. The molecule has 0 bridgehead atoms. The Hall–Kier alpha value is -2.90. The van der Waals surface area contributed by atoms with Crippen molar-refractivity contribution in [1.29, 1.82) is 0 Å². The van der Waals surface area contributed by atoms with Crippen molar-refractivity contribution in [2.24, 2.45) is 5.92 Å². The van der Waals surface area contributed by atoms with Gasteiger partial charge in [-0.3, -0.25) is 4.79 Å². The number of benzene rings is 1. The average molecular weight is 427 g/mol. The van der Waals surface area contributed by atoms with Gasteiger partial charge in [0.15, 0.2) is 5.69 Å². The molecular weight excluding hydrogens is 392 g/mol. The highest BCUT2D eigenvalue weighted by molar-refractivity contribution is 5.93. The number of carbonyl (C=O) groups excluding carboxylic acids is 2. The molecule has 2 heterocycles. The maximum Gasteiger partial charge on any atom is 0.318 e. The van der Waals surface area contributed by atoms with Crippen LogP contribution >= 0.6 is 0 Å². The fourth-order valence-corrected chi connectivity index (χ4v) is 3.69. The van der Waals surface area contributed by atoms with Crippen LogP contribution < -0.4 is 10.6 Å². The van der Waals surface area contributed by atoms with Crippen LogP contribution in [-0.4, -0.2) is 50.5 Å². The zero-order chi connectivity index (χ0) is 22.8. The molecule has 3 rings (SSSR count). The highest BCUT2D eigenvalue weighted by Crippen LogP contribution is 2.26. The summed E-state index contributed by atoms with van der Waals surface area (Å²) in [5.41, 5.74) is 3.93. The second kappa shape index (κ2) is 9.08. The van der Waals surface area contributed by atoms with Crippen molar-refractivity contribution in [3.63, 3.8) is 0 Å². The Balaban J connectivity index is 1.79. The summed E-state index contributed by atoms with van der Waals surface area (Å²) < 4.78 is 1.74. The van der Waals surface area contributed by atoms with Crippen LogP contribution in [0.15, 0.2) is 18.2 Å². The second-order valence-electron chi connectivity index (χ2n) is 9.64. The summed E-state index contributed by atoms with van der Waals surface area (Å²) in [4.78, 5) is 26.9. The lowest BCUT2D eigenvalue weighted by molar-refractivity contribution is 0.0946. The zero-order valence-corrected chi connectivity index (χ0v) is 19.5. The third kappa shape index (κ3) is 5.42. The van der Waals surface area contributed by atoms with Crippen LogP contribution in [0.2, 0.25) is 0 Å². The lowest BCUT2D eigenvalue weighted by Crippen LogP contribution is -2.49. The summed E-state index contributed by atoms with van der Waals surface area (Å²) in [6.07, 6.45) is 1.64. The van der Waals surface area contributed by atoms with E-state index in [2.05, 4.69) is 34.8 Å². The Kier molecular flexibility index (Phi) is 6.67. The van der Waals surface area contributed by atoms with Crippen LogP contribution in [0.4, 0.5) is 4.79 Å². The third-order valence-corrected chi connectivity index (χ3v) is 5.36. The van der Waals surface area contributed by atoms with E-state index >= 15 is 0 Å². The molecule has 0 spiro atoms. The van der Waals surface area contributed by atoms with Gasteiger partial charge in [-0.1, -0.05) is 31.2 Å². The smallest absolute Gasteiger partial charge is 0.318 e. The van der Waals surface area contributed by atoms with E-state index in [1.165, 1.54) is 0 Å². The number of urea groups is 1. The van der Waals surface area contributed by atoms with E-state index in [4.69, 9.17) is 0 Å². The van der Waals surface area contributed by atoms with Gasteiger partial charge in [0.25, 0.3) is 5.91 Å². The first kappa shape index (κ1) is 22.8. The van der Waals surface area contributed by atoms with Crippen molar-refractivity contribution >= 4 is 11.9 Å². The zero-order valence-electron chi connectivity index (χ0n) is 19.5. The van der Waals surface area contributed by atoms with E-state index in [1.807, 2.05) is 50.8 Å². The van der Waals surface area contributed by atoms with E-state index in [0.29, 0.717) is 36.9 Å². The Labute approximate surface area is 184 Å². The minimum Gasteiger partial charge on any atom is -0.351 e. The number of nitrogens with zero attached hydrogens (tertiary/aromatic N) is 4. The Morgan fingerprint density at radius 2 is 1.97 bits per heavy atom. The fourth-order valence-electron chi connectivity index (χ4n) is 3.69. The van der Waals surface area contributed by atoms with Gasteiger partial charge in [-0.05, 0) is 63.6 Å². The number of carbonyl (C=O) groups is 2. The monoisotopic (exact) mass is 426 g/mol. The fraction of sp³-hybridized carbons (Fsp3) is 0.565. The SMILES string of the molecule is Cc1c(C(=O)NCCC(C)C)nnn1-c1cccc2c1CCN(C(=O)NC(C)(C)C)C2. The summed E-state index contributed by atoms with van der Waals surface area (Å²) >= 11 is 0. The molecule has 168 valence electrons. The van der Waals surface area contributed by atoms with Crippen molar-refractivity contribution < 1.29 is 9.59 Å². The molecule has 3 amide bonds. The molecule has 0 unspecified atom stereocenters. The van der Waals surface area contributed by atoms with E-state index < -0.39 is 0 Å². The summed E-state index contributed by atoms with van der Waals surface area (Å²) in [6, 6.07) is 5.94. The Morgan fingerprint density at radius 3 is 2.65 bits per heavy atom. The first-order valence-corrected chi connectivity index (χ1v) is 11.0. The lowest BCUT2D eigenvalue weighted by atomic mass is 9.97. The van der Waals surface area contributed by atoms with Crippen molar-refractivity contribution in [3.05, 3.63) is 40.7 Å². The topological polar surface area (TPSA) is 92.2 Å². The number of aromatic nitrogens is 3. The average Bonchev–Trinajstić information content (AvgIpc) is 3.06. The van der Waals surface area contributed by atoms with Crippen LogP contribution in [0.3, 0.4) is 0 Å². The van der Waals surface area contributed by atoms with Gasteiger partial charge < -0.3 is 15.5 Å². The minimum atomic E-state index is -0.275. The van der Waals surface area contributed by atoms with Crippen molar-refractivity contribution in [2.75, 3.05) is 13.1 Å². The van der Waals surface area contributed by atoms with Crippen molar-refractivity contribution in [1.82, 2.24) is 30.5 Å². The molecule has 8 heteroatoms. The Bertz CT molecular complexity index is 957. The van der Waals surface area contributed by atoms with Crippen LogP contribution in [0.25, 0.3) is 5.69 Å². The maximum absolute atomic E-state index is 12.6. The number of fused-ring (bicyclic) bond motifs is 1. The van der Waals surface area contributed by atoms with Gasteiger partial charge in [0.2, 0.25) is 0 Å². The molecule has 0 radical (unpaired) electrons. The van der Waals surface area contributed by atoms with Crippen LogP contribution in [0.1, 0.15) is 68.3 Å². The largest absolute Gasteiger partial charge is 0.351 e. The van der Waals surface area contributed by atoms with Gasteiger partial charge in [0.1, 0.15) is 0 Å². The molecule has 0 saturated carbocycles. The molecule has 2 N–H and O–H groups in total. The molecule has 1 aromatic carbocycles. The van der Waals surface area contributed by atoms with E-state index in [-0.39, 0.29) is 17.5 Å². The molecule has 1 aliphatic heterocycles. The summed E-state index contributed by atoms with van der Waals surface area (Å²) in [7, 11) is 0. The van der Waals surface area contributed by atoms with Gasteiger partial charge in [0, 0.05) is 25.2 Å². The molecule has 31 heavy (non-hydrogen) atoms. The normalized spacial score (nSPS) is 13.8. The number of rotatable bonds is 5. The maximum atomic E-state index is 12.6. The highest BCUT2D eigenvalue weighted by atomic mass is 16.2. The first-order valence-electron chi connectivity index (χ1n) is 11.0. The second-order valence-corrected chi connectivity index (χ2v) is 9.64. The quantitative estimate of drug-likeness (QED) is 0.768. The van der Waals surface area contributed by atoms with Crippen LogP contribution in [0.5, 0.6) is 0 Å². The van der Waals surface area contributed by atoms with Crippen LogP contribution in [0, 0.1) is 12.8 Å². The highest BCUT2D eigenvalue weighted by Gasteiger charge is 2.26. The molecule has 2 aromatic rings. The number of hydrogen-bond donors (Lipinski definition) is 2. The first-order chi connectivity index (χ1) is 14.6. The van der Waals surface area contributed by atoms with E-state index in [0.717, 1.165) is 29.7 Å². The van der Waals surface area contributed by atoms with Crippen molar-refractivity contribution in [3.8, 4) is 5.69 Å². The van der Waals surface area contributed by atoms with Gasteiger partial charge in [-0.25, -0.2) is 9.48 Å². The van der Waals surface area contributed by atoms with Gasteiger partial charge in [-0.15, -0.1) is 5.10 Å². The lowest BCUT2D eigenvalue weighted by Gasteiger charge is -2.33. The summed E-state index contributed by atoms with van der Waals surface area (Å²) in [6.45, 7) is 13.8. The molecular formula is C23H34N6O2. The van der Waals surface area contributed by atoms with E-state index in [1.54, 1.807) is 4.68 Å². The van der Waals surface area contributed by atoms with E-state index in [9.17, 15) is 9.59 Å². The molecule has 8 nitrogen and oxygen atoms in total. The number of hydrogen-bond acceptors (Lipinski definition) is 4. The number of nitrogens with one attached hydrogen (secondary N) is 2. The molecule has 0 atom stereocenters. The minimum absolute atomic E-state index is 0.0548. The molecule has 0 saturated heterocycles. The Morgan fingerprint density at radius 1 is 1.23 bits per heavy atom. The molecule has 1 aliphatic rings. The van der Waals surface area contributed by atoms with Gasteiger partial charge in [0.05, 0.1) is 11.4 Å². The van der Waals surface area contributed by atoms with Crippen molar-refractivity contribution in [2.45, 2.75) is 66.5 Å².